The lowest BCUT2D eigenvalue weighted by Gasteiger charge is -2.22. The Morgan fingerprint density at radius 3 is 2.67 bits per heavy atom. The van der Waals surface area contributed by atoms with Crippen molar-refractivity contribution in [3.63, 3.8) is 0 Å². The van der Waals surface area contributed by atoms with Crippen molar-refractivity contribution >= 4 is 0 Å². The molecule has 0 amide bonds. The largest absolute Gasteiger partial charge is 0.389 e. The summed E-state index contributed by atoms with van der Waals surface area (Å²) in [6.45, 7) is 7.63. The van der Waals surface area contributed by atoms with Gasteiger partial charge in [0.15, 0.2) is 5.79 Å². The Morgan fingerprint density at radius 2 is 2.00 bits per heavy atom. The van der Waals surface area contributed by atoms with E-state index in [0.29, 0.717) is 13.2 Å². The van der Waals surface area contributed by atoms with E-state index in [2.05, 4.69) is 12.2 Å². The molecule has 1 heterocycles. The lowest BCUT2D eigenvalue weighted by molar-refractivity contribution is -0.203. The van der Waals surface area contributed by atoms with Gasteiger partial charge in [0, 0.05) is 0 Å². The highest BCUT2D eigenvalue weighted by Crippen LogP contribution is 2.17. The maximum atomic E-state index is 9.81. The minimum atomic E-state index is -0.581. The predicted molar refractivity (Wildman–Crippen MR) is 58.7 cm³/mol. The second-order valence-corrected chi connectivity index (χ2v) is 4.50. The van der Waals surface area contributed by atoms with Gasteiger partial charge in [-0.15, -0.1) is 0 Å². The summed E-state index contributed by atoms with van der Waals surface area (Å²) in [4.78, 5) is 0. The van der Waals surface area contributed by atoms with Gasteiger partial charge < -0.3 is 19.9 Å². The summed E-state index contributed by atoms with van der Waals surface area (Å²) < 4.78 is 11.0. The molecule has 1 rings (SSSR count). The topological polar surface area (TPSA) is 50.7 Å². The van der Waals surface area contributed by atoms with E-state index < -0.39 is 11.9 Å². The Kier molecular flexibility index (Phi) is 4.99. The molecule has 2 atom stereocenters. The average Bonchev–Trinajstić information content (AvgIpc) is 2.31. The fourth-order valence-corrected chi connectivity index (χ4v) is 1.50. The number of ether oxygens (including phenoxy) is 2. The zero-order valence-electron chi connectivity index (χ0n) is 9.95. The highest BCUT2D eigenvalue weighted by Gasteiger charge is 2.30. The molecule has 0 aromatic carbocycles. The molecule has 4 heteroatoms. The van der Waals surface area contributed by atoms with Crippen LogP contribution >= 0.6 is 0 Å². The summed E-state index contributed by atoms with van der Waals surface area (Å²) in [5.41, 5.74) is 0. The number of aliphatic hydroxyl groups excluding tert-OH is 1. The van der Waals surface area contributed by atoms with Crippen molar-refractivity contribution in [1.82, 2.24) is 5.32 Å². The van der Waals surface area contributed by atoms with Crippen LogP contribution in [0, 0.1) is 0 Å². The number of hydrogen-bond donors (Lipinski definition) is 2. The molecule has 1 aliphatic rings. The van der Waals surface area contributed by atoms with Gasteiger partial charge in [-0.2, -0.15) is 0 Å². The van der Waals surface area contributed by atoms with Crippen LogP contribution in [0.5, 0.6) is 0 Å². The van der Waals surface area contributed by atoms with Crippen LogP contribution in [0.3, 0.4) is 0 Å². The maximum Gasteiger partial charge on any atom is 0.162 e. The molecule has 1 fully saturated rings. The molecule has 0 aliphatic carbocycles. The van der Waals surface area contributed by atoms with Crippen LogP contribution in [0.1, 0.15) is 33.6 Å². The van der Waals surface area contributed by atoms with Gasteiger partial charge in [0.1, 0.15) is 0 Å². The third-order valence-electron chi connectivity index (χ3n) is 2.61. The molecule has 0 bridgehead atoms. The maximum absolute atomic E-state index is 9.81. The first-order chi connectivity index (χ1) is 7.05. The third-order valence-corrected chi connectivity index (χ3v) is 2.61. The van der Waals surface area contributed by atoms with Crippen molar-refractivity contribution in [3.05, 3.63) is 0 Å². The van der Waals surface area contributed by atoms with Gasteiger partial charge in [-0.05, 0) is 26.8 Å². The highest BCUT2D eigenvalue weighted by atomic mass is 16.7. The van der Waals surface area contributed by atoms with E-state index in [1.54, 1.807) is 0 Å². The molecule has 0 spiro atoms. The highest BCUT2D eigenvalue weighted by molar-refractivity contribution is 4.79. The van der Waals surface area contributed by atoms with Gasteiger partial charge in [-0.1, -0.05) is 13.3 Å². The van der Waals surface area contributed by atoms with E-state index in [0.717, 1.165) is 19.4 Å². The smallest absolute Gasteiger partial charge is 0.162 e. The fraction of sp³-hybridized carbons (Fsp3) is 1.00. The number of rotatable bonds is 4. The molecular formula is C11H23NO3. The second-order valence-electron chi connectivity index (χ2n) is 4.50. The van der Waals surface area contributed by atoms with Crippen molar-refractivity contribution in [2.75, 3.05) is 19.8 Å². The summed E-state index contributed by atoms with van der Waals surface area (Å²) >= 11 is 0. The van der Waals surface area contributed by atoms with E-state index in [1.807, 2.05) is 13.8 Å². The normalized spacial score (nSPS) is 31.2. The lowest BCUT2D eigenvalue weighted by atomic mass is 10.2. The molecule has 1 saturated heterocycles. The van der Waals surface area contributed by atoms with E-state index in [-0.39, 0.29) is 6.04 Å². The van der Waals surface area contributed by atoms with Crippen LogP contribution in [-0.4, -0.2) is 42.8 Å². The SMILES string of the molecule is CCCCNC1COC(C)(C)OCC1O. The van der Waals surface area contributed by atoms with Crippen molar-refractivity contribution in [2.24, 2.45) is 0 Å². The molecule has 1 aliphatic heterocycles. The molecule has 0 saturated carbocycles. The summed E-state index contributed by atoms with van der Waals surface area (Å²) in [6, 6.07) is -0.0154. The summed E-state index contributed by atoms with van der Waals surface area (Å²) in [6.07, 6.45) is 1.79. The minimum Gasteiger partial charge on any atom is -0.389 e. The van der Waals surface area contributed by atoms with Gasteiger partial charge >= 0.3 is 0 Å². The summed E-state index contributed by atoms with van der Waals surface area (Å²) in [7, 11) is 0. The number of aliphatic hydroxyl groups is 1. The summed E-state index contributed by atoms with van der Waals surface area (Å²) in [5, 5.41) is 13.1. The van der Waals surface area contributed by atoms with Gasteiger partial charge in [-0.3, -0.25) is 0 Å². The summed E-state index contributed by atoms with van der Waals surface area (Å²) in [5.74, 6) is -0.581. The van der Waals surface area contributed by atoms with Gasteiger partial charge in [0.2, 0.25) is 0 Å². The van der Waals surface area contributed by atoms with E-state index in [1.165, 1.54) is 0 Å². The van der Waals surface area contributed by atoms with Crippen molar-refractivity contribution < 1.29 is 14.6 Å². The fourth-order valence-electron chi connectivity index (χ4n) is 1.50. The molecule has 90 valence electrons. The van der Waals surface area contributed by atoms with E-state index in [4.69, 9.17) is 9.47 Å². The monoisotopic (exact) mass is 217 g/mol. The molecule has 4 nitrogen and oxygen atoms in total. The Balaban J connectivity index is 2.36. The number of hydrogen-bond acceptors (Lipinski definition) is 4. The first-order valence-electron chi connectivity index (χ1n) is 5.74. The van der Waals surface area contributed by atoms with Crippen molar-refractivity contribution in [3.8, 4) is 0 Å². The van der Waals surface area contributed by atoms with Crippen molar-refractivity contribution in [1.29, 1.82) is 0 Å². The molecule has 2 N–H and O–H groups in total. The second kappa shape index (κ2) is 5.80. The minimum absolute atomic E-state index is 0.0154. The Bertz CT molecular complexity index is 185. The molecular weight excluding hydrogens is 194 g/mol. The quantitative estimate of drug-likeness (QED) is 0.687. The van der Waals surface area contributed by atoms with E-state index >= 15 is 0 Å². The third kappa shape index (κ3) is 4.47. The van der Waals surface area contributed by atoms with E-state index in [9.17, 15) is 5.11 Å². The first-order valence-corrected chi connectivity index (χ1v) is 5.74. The molecule has 0 aromatic rings. The Hall–Kier alpha value is -0.160. The van der Waals surface area contributed by atoms with Gasteiger partial charge in [-0.25, -0.2) is 0 Å². The molecule has 0 aromatic heterocycles. The van der Waals surface area contributed by atoms with Crippen LogP contribution in [0.2, 0.25) is 0 Å². The number of nitrogens with one attached hydrogen (secondary N) is 1. The van der Waals surface area contributed by atoms with Crippen molar-refractivity contribution in [2.45, 2.75) is 51.5 Å². The van der Waals surface area contributed by atoms with Gasteiger partial charge in [0.25, 0.3) is 0 Å². The van der Waals surface area contributed by atoms with Crippen LogP contribution in [-0.2, 0) is 9.47 Å². The average molecular weight is 217 g/mol. The molecule has 2 unspecified atom stereocenters. The van der Waals surface area contributed by atoms with Gasteiger partial charge in [0.05, 0.1) is 25.4 Å². The first kappa shape index (κ1) is 12.9. The molecule has 15 heavy (non-hydrogen) atoms. The van der Waals surface area contributed by atoms with Crippen LogP contribution < -0.4 is 5.32 Å². The number of unbranched alkanes of at least 4 members (excludes halogenated alkanes) is 1. The predicted octanol–water partition coefficient (Wildman–Crippen LogP) is 0.888. The van der Waals surface area contributed by atoms with Crippen LogP contribution in [0.25, 0.3) is 0 Å². The standard InChI is InChI=1S/C11H23NO3/c1-4-5-6-12-9-7-14-11(2,3)15-8-10(9)13/h9-10,12-13H,4-8H2,1-3H3. The zero-order valence-corrected chi connectivity index (χ0v) is 9.95. The van der Waals surface area contributed by atoms with Crippen LogP contribution in [0.4, 0.5) is 0 Å². The van der Waals surface area contributed by atoms with Crippen LogP contribution in [0.15, 0.2) is 0 Å². The molecule has 0 radical (unpaired) electrons. The lowest BCUT2D eigenvalue weighted by Crippen LogP contribution is -2.44. The Morgan fingerprint density at radius 1 is 1.33 bits per heavy atom. The zero-order chi connectivity index (χ0) is 11.3. The Labute approximate surface area is 92.0 Å².